The maximum Gasteiger partial charge on any atom is 0.253 e. The van der Waals surface area contributed by atoms with Gasteiger partial charge in [0.05, 0.1) is 0 Å². The van der Waals surface area contributed by atoms with Gasteiger partial charge in [-0.15, -0.1) is 0 Å². The molecule has 0 radical (unpaired) electrons. The highest BCUT2D eigenvalue weighted by molar-refractivity contribution is 5.94. The van der Waals surface area contributed by atoms with Crippen molar-refractivity contribution in [2.24, 2.45) is 0 Å². The lowest BCUT2D eigenvalue weighted by Gasteiger charge is -2.32. The highest BCUT2D eigenvalue weighted by Gasteiger charge is 2.22. The van der Waals surface area contributed by atoms with Gasteiger partial charge in [0, 0.05) is 37.3 Å². The number of hydrogen-bond donors (Lipinski definition) is 1. The van der Waals surface area contributed by atoms with Gasteiger partial charge in [0.15, 0.2) is 0 Å². The Hall–Kier alpha value is -1.39. The normalized spacial score (nSPS) is 16.3. The van der Waals surface area contributed by atoms with Gasteiger partial charge in [-0.25, -0.2) is 0 Å². The second-order valence-electron chi connectivity index (χ2n) is 6.71. The Kier molecular flexibility index (Phi) is 6.60. The average Bonchev–Trinajstić information content (AvgIpc) is 2.59. The van der Waals surface area contributed by atoms with Crippen LogP contribution in [0.3, 0.4) is 0 Å². The van der Waals surface area contributed by atoms with Crippen molar-refractivity contribution in [2.45, 2.75) is 52.2 Å². The standard InChI is InChI=1S/C19H31N3O/c1-5-21(15(2)3)14-16-6-8-17(9-7-16)19(23)22-12-10-18(20-4)11-13-22/h6-9,15,18,20H,5,10-14H2,1-4H3. The first-order valence-electron chi connectivity index (χ1n) is 8.84. The summed E-state index contributed by atoms with van der Waals surface area (Å²) in [6, 6.07) is 9.25. The van der Waals surface area contributed by atoms with Crippen molar-refractivity contribution in [3.05, 3.63) is 35.4 Å². The number of nitrogens with one attached hydrogen (secondary N) is 1. The van der Waals surface area contributed by atoms with Gasteiger partial charge in [-0.05, 0) is 58.0 Å². The fourth-order valence-corrected chi connectivity index (χ4v) is 3.20. The average molecular weight is 317 g/mol. The fraction of sp³-hybridized carbons (Fsp3) is 0.632. The Balaban J connectivity index is 1.95. The minimum absolute atomic E-state index is 0.169. The summed E-state index contributed by atoms with van der Waals surface area (Å²) in [6.45, 7) is 10.3. The molecule has 23 heavy (non-hydrogen) atoms. The molecule has 2 rings (SSSR count). The maximum atomic E-state index is 12.6. The zero-order valence-corrected chi connectivity index (χ0v) is 15.0. The molecule has 1 heterocycles. The van der Waals surface area contributed by atoms with Crippen molar-refractivity contribution in [1.29, 1.82) is 0 Å². The minimum Gasteiger partial charge on any atom is -0.339 e. The molecule has 0 bridgehead atoms. The van der Waals surface area contributed by atoms with Crippen LogP contribution in [0.4, 0.5) is 0 Å². The molecule has 0 aliphatic carbocycles. The first-order chi connectivity index (χ1) is 11.0. The molecule has 0 atom stereocenters. The van der Waals surface area contributed by atoms with Crippen molar-refractivity contribution in [3.63, 3.8) is 0 Å². The highest BCUT2D eigenvalue weighted by Crippen LogP contribution is 2.15. The SMILES string of the molecule is CCN(Cc1ccc(C(=O)N2CCC(NC)CC2)cc1)C(C)C. The van der Waals surface area contributed by atoms with Crippen LogP contribution < -0.4 is 5.32 Å². The molecule has 0 unspecified atom stereocenters. The van der Waals surface area contributed by atoms with Crippen molar-refractivity contribution < 1.29 is 4.79 Å². The Morgan fingerprint density at radius 1 is 1.26 bits per heavy atom. The molecule has 4 heteroatoms. The van der Waals surface area contributed by atoms with Crippen LogP contribution in [0.5, 0.6) is 0 Å². The molecule has 1 N–H and O–H groups in total. The van der Waals surface area contributed by atoms with E-state index in [1.165, 1.54) is 5.56 Å². The Bertz CT molecular complexity index is 490. The Morgan fingerprint density at radius 2 is 1.87 bits per heavy atom. The molecule has 1 saturated heterocycles. The summed E-state index contributed by atoms with van der Waals surface area (Å²) in [5, 5.41) is 3.30. The molecule has 1 aliphatic heterocycles. The van der Waals surface area contributed by atoms with Gasteiger partial charge < -0.3 is 10.2 Å². The van der Waals surface area contributed by atoms with E-state index in [1.807, 2.05) is 24.1 Å². The summed E-state index contributed by atoms with van der Waals surface area (Å²) in [6.07, 6.45) is 2.08. The molecule has 1 aromatic carbocycles. The smallest absolute Gasteiger partial charge is 0.253 e. The highest BCUT2D eigenvalue weighted by atomic mass is 16.2. The predicted molar refractivity (Wildman–Crippen MR) is 95.6 cm³/mol. The molecule has 1 aliphatic rings. The van der Waals surface area contributed by atoms with E-state index in [0.29, 0.717) is 12.1 Å². The largest absolute Gasteiger partial charge is 0.339 e. The van der Waals surface area contributed by atoms with E-state index in [0.717, 1.165) is 44.6 Å². The number of hydrogen-bond acceptors (Lipinski definition) is 3. The van der Waals surface area contributed by atoms with Gasteiger partial charge in [-0.3, -0.25) is 9.69 Å². The van der Waals surface area contributed by atoms with Crippen molar-refractivity contribution in [2.75, 3.05) is 26.7 Å². The second-order valence-corrected chi connectivity index (χ2v) is 6.71. The van der Waals surface area contributed by atoms with E-state index < -0.39 is 0 Å². The first-order valence-corrected chi connectivity index (χ1v) is 8.84. The maximum absolute atomic E-state index is 12.6. The van der Waals surface area contributed by atoms with E-state index in [1.54, 1.807) is 0 Å². The van der Waals surface area contributed by atoms with Gasteiger partial charge in [-0.2, -0.15) is 0 Å². The molecule has 1 fully saturated rings. The third-order valence-electron chi connectivity index (χ3n) is 4.91. The number of amides is 1. The lowest BCUT2D eigenvalue weighted by Crippen LogP contribution is -2.43. The van der Waals surface area contributed by atoms with E-state index >= 15 is 0 Å². The molecular weight excluding hydrogens is 286 g/mol. The summed E-state index contributed by atoms with van der Waals surface area (Å²) in [5.41, 5.74) is 2.08. The van der Waals surface area contributed by atoms with Crippen LogP contribution in [0.15, 0.2) is 24.3 Å². The number of carbonyl (C=O) groups excluding carboxylic acids is 1. The third kappa shape index (κ3) is 4.79. The minimum atomic E-state index is 0.169. The molecule has 0 saturated carbocycles. The van der Waals surface area contributed by atoms with Crippen LogP contribution in [0, 0.1) is 0 Å². The third-order valence-corrected chi connectivity index (χ3v) is 4.91. The lowest BCUT2D eigenvalue weighted by molar-refractivity contribution is 0.0707. The quantitative estimate of drug-likeness (QED) is 0.876. The van der Waals surface area contributed by atoms with Crippen molar-refractivity contribution >= 4 is 5.91 Å². The van der Waals surface area contributed by atoms with Crippen molar-refractivity contribution in [3.8, 4) is 0 Å². The van der Waals surface area contributed by atoms with E-state index in [9.17, 15) is 4.79 Å². The monoisotopic (exact) mass is 317 g/mol. The van der Waals surface area contributed by atoms with Gasteiger partial charge in [-0.1, -0.05) is 19.1 Å². The number of nitrogens with zero attached hydrogens (tertiary/aromatic N) is 2. The Labute approximate surface area is 140 Å². The number of likely N-dealkylation sites (tertiary alicyclic amines) is 1. The summed E-state index contributed by atoms with van der Waals surface area (Å²) in [5.74, 6) is 0.169. The van der Waals surface area contributed by atoms with Crippen molar-refractivity contribution in [1.82, 2.24) is 15.1 Å². The first kappa shape index (κ1) is 18.0. The number of benzene rings is 1. The lowest BCUT2D eigenvalue weighted by atomic mass is 10.0. The van der Waals surface area contributed by atoms with Gasteiger partial charge in [0.2, 0.25) is 0 Å². The van der Waals surface area contributed by atoms with Crippen LogP contribution >= 0.6 is 0 Å². The molecule has 0 spiro atoms. The van der Waals surface area contributed by atoms with Crippen LogP contribution in [0.1, 0.15) is 49.5 Å². The molecule has 0 aromatic heterocycles. The predicted octanol–water partition coefficient (Wildman–Crippen LogP) is 2.74. The van der Waals surface area contributed by atoms with E-state index in [4.69, 9.17) is 0 Å². The molecule has 1 amide bonds. The summed E-state index contributed by atoms with van der Waals surface area (Å²) >= 11 is 0. The van der Waals surface area contributed by atoms with Crippen LogP contribution in [-0.2, 0) is 6.54 Å². The molecule has 128 valence electrons. The zero-order chi connectivity index (χ0) is 16.8. The molecule has 1 aromatic rings. The zero-order valence-electron chi connectivity index (χ0n) is 15.0. The van der Waals surface area contributed by atoms with Crippen LogP contribution in [-0.4, -0.2) is 54.5 Å². The van der Waals surface area contributed by atoms with Gasteiger partial charge in [0.1, 0.15) is 0 Å². The summed E-state index contributed by atoms with van der Waals surface area (Å²) in [4.78, 5) is 17.0. The van der Waals surface area contributed by atoms with Gasteiger partial charge >= 0.3 is 0 Å². The van der Waals surface area contributed by atoms with Crippen LogP contribution in [0.25, 0.3) is 0 Å². The molecular formula is C19H31N3O. The topological polar surface area (TPSA) is 35.6 Å². The fourth-order valence-electron chi connectivity index (χ4n) is 3.20. The van der Waals surface area contributed by atoms with E-state index in [-0.39, 0.29) is 5.91 Å². The van der Waals surface area contributed by atoms with Crippen LogP contribution in [0.2, 0.25) is 0 Å². The Morgan fingerprint density at radius 3 is 2.35 bits per heavy atom. The summed E-state index contributed by atoms with van der Waals surface area (Å²) in [7, 11) is 2.00. The molecule has 4 nitrogen and oxygen atoms in total. The number of carbonyl (C=O) groups is 1. The number of rotatable bonds is 6. The van der Waals surface area contributed by atoms with Gasteiger partial charge in [0.25, 0.3) is 5.91 Å². The second kappa shape index (κ2) is 8.46. The summed E-state index contributed by atoms with van der Waals surface area (Å²) < 4.78 is 0. The number of piperidine rings is 1. The van der Waals surface area contributed by atoms with E-state index in [2.05, 4.69) is 43.1 Å².